The van der Waals surface area contributed by atoms with E-state index in [1.807, 2.05) is 18.2 Å². The maximum absolute atomic E-state index is 12.4. The van der Waals surface area contributed by atoms with E-state index in [0.29, 0.717) is 22.9 Å². The van der Waals surface area contributed by atoms with Crippen LogP contribution in [0, 0.1) is 5.92 Å². The Morgan fingerprint density at radius 1 is 1.21 bits per heavy atom. The third kappa shape index (κ3) is 3.90. The minimum atomic E-state index is -0.0402. The predicted molar refractivity (Wildman–Crippen MR) is 113 cm³/mol. The normalized spacial score (nSPS) is 16.0. The zero-order chi connectivity index (χ0) is 19.0. The van der Waals surface area contributed by atoms with Crippen molar-refractivity contribution in [3.8, 4) is 11.1 Å². The van der Waals surface area contributed by atoms with Gasteiger partial charge in [0.25, 0.3) is 0 Å². The molecule has 1 saturated heterocycles. The van der Waals surface area contributed by atoms with Crippen LogP contribution in [-0.2, 0) is 4.79 Å². The number of aromatic amines is 1. The van der Waals surface area contributed by atoms with E-state index in [2.05, 4.69) is 20.8 Å². The molecule has 0 saturated carbocycles. The van der Waals surface area contributed by atoms with Gasteiger partial charge in [-0.25, -0.2) is 0 Å². The second kappa shape index (κ2) is 8.31. The van der Waals surface area contributed by atoms with E-state index >= 15 is 0 Å². The molecule has 3 N–H and O–H groups in total. The number of hydrogen-bond donors (Lipinski definition) is 3. The Morgan fingerprint density at radius 3 is 2.75 bits per heavy atom. The monoisotopic (exact) mass is 418 g/mol. The Balaban J connectivity index is 0.00000225. The average Bonchev–Trinajstić information content (AvgIpc) is 3.32. The molecule has 28 heavy (non-hydrogen) atoms. The minimum absolute atomic E-state index is 0. The van der Waals surface area contributed by atoms with Crippen molar-refractivity contribution in [1.82, 2.24) is 15.5 Å². The number of fused-ring (bicyclic) bond motifs is 1. The molecular weight excluding hydrogens is 399 g/mol. The standard InChI is InChI=1S/C20H19ClN4O2.ClH/c1-11(26)12-2-4-17(21)15(8-12)13-3-5-18-16(9-13)19(25-24-18)23-20(27)14-6-7-22-10-14;/h2-5,8-9,14,22H,6-7,10H2,1H3,(H2,23,24,25,27);1H/t14-;/m1./s1. The van der Waals surface area contributed by atoms with Gasteiger partial charge in [-0.2, -0.15) is 5.10 Å². The van der Waals surface area contributed by atoms with Gasteiger partial charge in [0, 0.05) is 28.1 Å². The van der Waals surface area contributed by atoms with Gasteiger partial charge in [0.15, 0.2) is 11.6 Å². The SMILES string of the molecule is CC(=O)c1ccc(Cl)c(-c2ccc3[nH]nc(NC(=O)[C@@H]4CCNC4)c3c2)c1.Cl. The van der Waals surface area contributed by atoms with Crippen molar-refractivity contribution >= 4 is 52.4 Å². The minimum Gasteiger partial charge on any atom is -0.316 e. The molecule has 2 heterocycles. The van der Waals surface area contributed by atoms with E-state index in [4.69, 9.17) is 11.6 Å². The van der Waals surface area contributed by atoms with Gasteiger partial charge in [-0.05, 0) is 55.8 Å². The van der Waals surface area contributed by atoms with Crippen LogP contribution in [0.15, 0.2) is 36.4 Å². The number of H-pyrrole nitrogens is 1. The van der Waals surface area contributed by atoms with Gasteiger partial charge >= 0.3 is 0 Å². The fraction of sp³-hybridized carbons (Fsp3) is 0.250. The number of amides is 1. The number of rotatable bonds is 4. The Morgan fingerprint density at radius 2 is 2.04 bits per heavy atom. The van der Waals surface area contributed by atoms with Gasteiger partial charge in [0.1, 0.15) is 0 Å². The number of halogens is 2. The molecule has 0 bridgehead atoms. The zero-order valence-corrected chi connectivity index (χ0v) is 16.8. The molecule has 0 radical (unpaired) electrons. The molecular formula is C20H20Cl2N4O2. The Kier molecular flexibility index (Phi) is 6.03. The summed E-state index contributed by atoms with van der Waals surface area (Å²) < 4.78 is 0. The lowest BCUT2D eigenvalue weighted by molar-refractivity contribution is -0.119. The molecule has 1 amide bonds. The van der Waals surface area contributed by atoms with Crippen LogP contribution in [0.1, 0.15) is 23.7 Å². The molecule has 146 valence electrons. The number of nitrogens with zero attached hydrogens (tertiary/aromatic N) is 1. The highest BCUT2D eigenvalue weighted by Gasteiger charge is 2.23. The van der Waals surface area contributed by atoms with Gasteiger partial charge in [0.2, 0.25) is 5.91 Å². The first kappa shape index (κ1) is 20.3. The van der Waals surface area contributed by atoms with Gasteiger partial charge in [0.05, 0.1) is 11.4 Å². The number of anilines is 1. The van der Waals surface area contributed by atoms with E-state index in [9.17, 15) is 9.59 Å². The van der Waals surface area contributed by atoms with E-state index in [1.54, 1.807) is 18.2 Å². The van der Waals surface area contributed by atoms with E-state index < -0.39 is 0 Å². The fourth-order valence-corrected chi connectivity index (χ4v) is 3.57. The van der Waals surface area contributed by atoms with Crippen LogP contribution in [0.2, 0.25) is 5.02 Å². The molecule has 3 aromatic rings. The van der Waals surface area contributed by atoms with Crippen LogP contribution in [0.3, 0.4) is 0 Å². The molecule has 0 unspecified atom stereocenters. The second-order valence-electron chi connectivity index (χ2n) is 6.76. The quantitative estimate of drug-likeness (QED) is 0.557. The lowest BCUT2D eigenvalue weighted by Crippen LogP contribution is -2.24. The van der Waals surface area contributed by atoms with Crippen LogP contribution in [-0.4, -0.2) is 35.0 Å². The summed E-state index contributed by atoms with van der Waals surface area (Å²) in [5.74, 6) is 0.412. The molecule has 8 heteroatoms. The first-order valence-corrected chi connectivity index (χ1v) is 9.21. The van der Waals surface area contributed by atoms with Crippen LogP contribution >= 0.6 is 24.0 Å². The lowest BCUT2D eigenvalue weighted by atomic mass is 10.00. The number of nitrogens with one attached hydrogen (secondary N) is 3. The number of Topliss-reactive ketones (excluding diaryl/α,β-unsaturated/α-hetero) is 1. The van der Waals surface area contributed by atoms with Crippen LogP contribution < -0.4 is 10.6 Å². The summed E-state index contributed by atoms with van der Waals surface area (Å²) in [5, 5.41) is 14.7. The Labute approximate surface area is 173 Å². The molecule has 4 rings (SSSR count). The fourth-order valence-electron chi connectivity index (χ4n) is 3.34. The van der Waals surface area contributed by atoms with Gasteiger partial charge < -0.3 is 10.6 Å². The first-order valence-electron chi connectivity index (χ1n) is 8.83. The number of aromatic nitrogens is 2. The number of carbonyl (C=O) groups excluding carboxylic acids is 2. The summed E-state index contributed by atoms with van der Waals surface area (Å²) in [6.07, 6.45) is 0.826. The van der Waals surface area contributed by atoms with Crippen molar-refractivity contribution in [3.63, 3.8) is 0 Å². The maximum atomic E-state index is 12.4. The highest BCUT2D eigenvalue weighted by Crippen LogP contribution is 2.33. The highest BCUT2D eigenvalue weighted by atomic mass is 35.5. The van der Waals surface area contributed by atoms with E-state index in [1.165, 1.54) is 6.92 Å². The van der Waals surface area contributed by atoms with Crippen LogP contribution in [0.5, 0.6) is 0 Å². The maximum Gasteiger partial charge on any atom is 0.230 e. The van der Waals surface area contributed by atoms with Crippen LogP contribution in [0.4, 0.5) is 5.82 Å². The first-order chi connectivity index (χ1) is 13.0. The molecule has 1 atom stereocenters. The number of benzene rings is 2. The average molecular weight is 419 g/mol. The van der Waals surface area contributed by atoms with Crippen molar-refractivity contribution in [1.29, 1.82) is 0 Å². The third-order valence-corrected chi connectivity index (χ3v) is 5.25. The van der Waals surface area contributed by atoms with Crippen molar-refractivity contribution in [2.75, 3.05) is 18.4 Å². The number of hydrogen-bond acceptors (Lipinski definition) is 4. The summed E-state index contributed by atoms with van der Waals surface area (Å²) in [4.78, 5) is 24.1. The third-order valence-electron chi connectivity index (χ3n) is 4.92. The summed E-state index contributed by atoms with van der Waals surface area (Å²) in [6, 6.07) is 11.0. The molecule has 0 spiro atoms. The van der Waals surface area contributed by atoms with Gasteiger partial charge in [-0.15, -0.1) is 12.4 Å². The Hall–Kier alpha value is -2.41. The predicted octanol–water partition coefficient (Wildman–Crippen LogP) is 4.06. The lowest BCUT2D eigenvalue weighted by Gasteiger charge is -2.09. The van der Waals surface area contributed by atoms with Crippen molar-refractivity contribution in [2.24, 2.45) is 5.92 Å². The smallest absolute Gasteiger partial charge is 0.230 e. The molecule has 0 aliphatic carbocycles. The number of ketones is 1. The van der Waals surface area contributed by atoms with E-state index in [0.717, 1.165) is 35.0 Å². The molecule has 2 aromatic carbocycles. The van der Waals surface area contributed by atoms with Gasteiger partial charge in [-0.1, -0.05) is 17.7 Å². The van der Waals surface area contributed by atoms with Crippen molar-refractivity contribution in [2.45, 2.75) is 13.3 Å². The second-order valence-corrected chi connectivity index (χ2v) is 7.17. The van der Waals surface area contributed by atoms with Gasteiger partial charge in [-0.3, -0.25) is 14.7 Å². The zero-order valence-electron chi connectivity index (χ0n) is 15.2. The molecule has 1 aliphatic rings. The largest absolute Gasteiger partial charge is 0.316 e. The summed E-state index contributed by atoms with van der Waals surface area (Å²) in [7, 11) is 0. The van der Waals surface area contributed by atoms with Crippen molar-refractivity contribution in [3.05, 3.63) is 47.0 Å². The molecule has 6 nitrogen and oxygen atoms in total. The molecule has 1 aromatic heterocycles. The molecule has 1 aliphatic heterocycles. The highest BCUT2D eigenvalue weighted by molar-refractivity contribution is 6.33. The van der Waals surface area contributed by atoms with Crippen molar-refractivity contribution < 1.29 is 9.59 Å². The Bertz CT molecular complexity index is 1040. The van der Waals surface area contributed by atoms with Crippen LogP contribution in [0.25, 0.3) is 22.0 Å². The number of carbonyl (C=O) groups is 2. The summed E-state index contributed by atoms with van der Waals surface area (Å²) in [6.45, 7) is 3.07. The summed E-state index contributed by atoms with van der Waals surface area (Å²) >= 11 is 6.36. The van der Waals surface area contributed by atoms with E-state index in [-0.39, 0.29) is 30.0 Å². The summed E-state index contributed by atoms with van der Waals surface area (Å²) in [5.41, 5.74) is 3.04. The topological polar surface area (TPSA) is 86.9 Å². The molecule has 1 fully saturated rings.